The van der Waals surface area contributed by atoms with E-state index in [1.807, 2.05) is 54.6 Å². The van der Waals surface area contributed by atoms with Gasteiger partial charge in [-0.25, -0.2) is 0 Å². The molecule has 2 aromatic rings. The Morgan fingerprint density at radius 1 is 1.07 bits per heavy atom. The van der Waals surface area contributed by atoms with Crippen LogP contribution in [0.15, 0.2) is 58.4 Å². The van der Waals surface area contributed by atoms with E-state index in [1.54, 1.807) is 19.1 Å². The van der Waals surface area contributed by atoms with Crippen molar-refractivity contribution in [2.24, 2.45) is 4.99 Å². The second-order valence-electron chi connectivity index (χ2n) is 5.87. The second-order valence-corrected chi connectivity index (χ2v) is 6.87. The molecule has 140 valence electrons. The molecule has 3 rings (SSSR count). The van der Waals surface area contributed by atoms with E-state index >= 15 is 0 Å². The fraction of sp³-hybridized carbons (Fsp3) is 0.238. The predicted octanol–water partition coefficient (Wildman–Crippen LogP) is 4.59. The summed E-state index contributed by atoms with van der Waals surface area (Å²) < 4.78 is 10.6. The normalized spacial score (nSPS) is 17.0. The highest BCUT2D eigenvalue weighted by Gasteiger charge is 2.34. The van der Waals surface area contributed by atoms with Crippen LogP contribution in [0.5, 0.6) is 11.5 Å². The summed E-state index contributed by atoms with van der Waals surface area (Å²) >= 11 is 1.40. The number of carbonyl (C=O) groups excluding carboxylic acids is 1. The number of methoxy groups -OCH3 is 2. The van der Waals surface area contributed by atoms with E-state index in [-0.39, 0.29) is 5.91 Å². The molecule has 2 aromatic carbocycles. The number of nitrogens with zero attached hydrogens (tertiary/aromatic N) is 2. The average Bonchev–Trinajstić information content (AvgIpc) is 3.02. The Hall–Kier alpha value is -2.73. The molecule has 0 aromatic heterocycles. The molecule has 0 unspecified atom stereocenters. The van der Waals surface area contributed by atoms with Crippen molar-refractivity contribution in [1.29, 1.82) is 0 Å². The molecule has 1 saturated heterocycles. The molecule has 0 spiro atoms. The van der Waals surface area contributed by atoms with Gasteiger partial charge in [-0.15, -0.1) is 0 Å². The summed E-state index contributed by atoms with van der Waals surface area (Å²) in [6.07, 6.45) is 2.79. The van der Waals surface area contributed by atoms with Crippen LogP contribution in [0.25, 0.3) is 6.08 Å². The van der Waals surface area contributed by atoms with Gasteiger partial charge in [0.1, 0.15) is 0 Å². The Morgan fingerprint density at radius 2 is 1.81 bits per heavy atom. The van der Waals surface area contributed by atoms with Crippen molar-refractivity contribution < 1.29 is 14.3 Å². The third-order valence-electron chi connectivity index (χ3n) is 4.00. The number of para-hydroxylation sites is 1. The highest BCUT2D eigenvalue weighted by Crippen LogP contribution is 2.37. The molecule has 1 fully saturated rings. The van der Waals surface area contributed by atoms with Crippen molar-refractivity contribution in [2.75, 3.05) is 25.7 Å². The number of carbonyl (C=O) groups is 1. The highest BCUT2D eigenvalue weighted by atomic mass is 32.2. The topological polar surface area (TPSA) is 51.1 Å². The van der Waals surface area contributed by atoms with Crippen LogP contribution in [0.1, 0.15) is 18.9 Å². The monoisotopic (exact) mass is 382 g/mol. The molecule has 1 amide bonds. The first kappa shape index (κ1) is 19.0. The van der Waals surface area contributed by atoms with Gasteiger partial charge in [0.25, 0.3) is 5.91 Å². The number of benzene rings is 2. The van der Waals surface area contributed by atoms with Crippen LogP contribution >= 0.6 is 11.8 Å². The van der Waals surface area contributed by atoms with Crippen LogP contribution in [0.4, 0.5) is 5.69 Å². The quantitative estimate of drug-likeness (QED) is 0.686. The Balaban J connectivity index is 1.97. The van der Waals surface area contributed by atoms with Gasteiger partial charge in [0, 0.05) is 6.54 Å². The van der Waals surface area contributed by atoms with Crippen molar-refractivity contribution in [3.05, 3.63) is 59.0 Å². The van der Waals surface area contributed by atoms with Crippen LogP contribution < -0.4 is 14.4 Å². The number of anilines is 1. The summed E-state index contributed by atoms with van der Waals surface area (Å²) in [7, 11) is 3.19. The van der Waals surface area contributed by atoms with Gasteiger partial charge in [0.2, 0.25) is 0 Å². The minimum Gasteiger partial charge on any atom is -0.493 e. The minimum absolute atomic E-state index is 0.0733. The molecule has 27 heavy (non-hydrogen) atoms. The zero-order valence-corrected chi connectivity index (χ0v) is 16.5. The van der Waals surface area contributed by atoms with E-state index in [9.17, 15) is 4.79 Å². The summed E-state index contributed by atoms with van der Waals surface area (Å²) in [4.78, 5) is 20.0. The van der Waals surface area contributed by atoms with Gasteiger partial charge in [-0.05, 0) is 54.1 Å². The molecule has 1 aliphatic rings. The molecular weight excluding hydrogens is 360 g/mol. The number of amides is 1. The smallest absolute Gasteiger partial charge is 0.271 e. The second kappa shape index (κ2) is 8.77. The van der Waals surface area contributed by atoms with Crippen LogP contribution in [-0.2, 0) is 4.79 Å². The lowest BCUT2D eigenvalue weighted by atomic mass is 10.2. The lowest BCUT2D eigenvalue weighted by Gasteiger charge is -2.15. The number of rotatable bonds is 6. The maximum absolute atomic E-state index is 13.1. The summed E-state index contributed by atoms with van der Waals surface area (Å²) in [6, 6.07) is 15.2. The first-order valence-electron chi connectivity index (χ1n) is 8.73. The lowest BCUT2D eigenvalue weighted by molar-refractivity contribution is -0.113. The highest BCUT2D eigenvalue weighted by molar-refractivity contribution is 8.19. The molecule has 0 atom stereocenters. The zero-order chi connectivity index (χ0) is 19.2. The van der Waals surface area contributed by atoms with Gasteiger partial charge in [-0.1, -0.05) is 31.2 Å². The van der Waals surface area contributed by atoms with Crippen LogP contribution in [0.3, 0.4) is 0 Å². The number of thioether (sulfide) groups is 1. The number of aliphatic imine (C=N–C) groups is 1. The van der Waals surface area contributed by atoms with E-state index < -0.39 is 0 Å². The zero-order valence-electron chi connectivity index (χ0n) is 15.6. The lowest BCUT2D eigenvalue weighted by Crippen LogP contribution is -2.28. The molecule has 5 nitrogen and oxygen atoms in total. The van der Waals surface area contributed by atoms with E-state index in [1.165, 1.54) is 11.8 Å². The molecule has 1 heterocycles. The standard InChI is InChI=1S/C21H22N2O3S/c1-4-12-22-21-23(16-8-6-5-7-9-16)20(24)19(27-21)14-15-10-11-17(25-2)18(13-15)26-3/h5-11,13-14H,4,12H2,1-3H3/b19-14-,22-21?. The molecule has 0 bridgehead atoms. The Labute approximate surface area is 163 Å². The SMILES string of the molecule is CCCN=C1S/C(=C\c2ccc(OC)c(OC)c2)C(=O)N1c1ccccc1. The van der Waals surface area contributed by atoms with Gasteiger partial charge in [-0.2, -0.15) is 0 Å². The number of hydrogen-bond donors (Lipinski definition) is 0. The predicted molar refractivity (Wildman–Crippen MR) is 112 cm³/mol. The van der Waals surface area contributed by atoms with Crippen molar-refractivity contribution in [3.63, 3.8) is 0 Å². The third kappa shape index (κ3) is 4.17. The Bertz CT molecular complexity index is 878. The fourth-order valence-corrected chi connectivity index (χ4v) is 3.69. The van der Waals surface area contributed by atoms with Crippen molar-refractivity contribution in [1.82, 2.24) is 0 Å². The van der Waals surface area contributed by atoms with Gasteiger partial charge < -0.3 is 9.47 Å². The van der Waals surface area contributed by atoms with E-state index in [4.69, 9.17) is 9.47 Å². The van der Waals surface area contributed by atoms with E-state index in [0.717, 1.165) is 17.7 Å². The van der Waals surface area contributed by atoms with Crippen molar-refractivity contribution >= 4 is 34.6 Å². The molecule has 0 saturated carbocycles. The van der Waals surface area contributed by atoms with Gasteiger partial charge in [0.05, 0.1) is 24.8 Å². The molecule has 1 aliphatic heterocycles. The maximum Gasteiger partial charge on any atom is 0.271 e. The van der Waals surface area contributed by atoms with Gasteiger partial charge in [-0.3, -0.25) is 14.7 Å². The summed E-state index contributed by atoms with van der Waals surface area (Å²) in [5.74, 6) is 1.21. The summed E-state index contributed by atoms with van der Waals surface area (Å²) in [5, 5.41) is 0.708. The molecular formula is C21H22N2O3S. The molecule has 0 aliphatic carbocycles. The first-order valence-corrected chi connectivity index (χ1v) is 9.55. The average molecular weight is 382 g/mol. The minimum atomic E-state index is -0.0733. The molecule has 0 N–H and O–H groups in total. The first-order chi connectivity index (χ1) is 13.2. The summed E-state index contributed by atoms with van der Waals surface area (Å²) in [6.45, 7) is 2.75. The Morgan fingerprint density at radius 3 is 2.48 bits per heavy atom. The fourth-order valence-electron chi connectivity index (χ4n) is 2.69. The van der Waals surface area contributed by atoms with Crippen molar-refractivity contribution in [3.8, 4) is 11.5 Å². The number of hydrogen-bond acceptors (Lipinski definition) is 5. The Kier molecular flexibility index (Phi) is 6.19. The van der Waals surface area contributed by atoms with Crippen molar-refractivity contribution in [2.45, 2.75) is 13.3 Å². The maximum atomic E-state index is 13.1. The number of ether oxygens (including phenoxy) is 2. The largest absolute Gasteiger partial charge is 0.493 e. The van der Waals surface area contributed by atoms with Gasteiger partial charge in [0.15, 0.2) is 16.7 Å². The molecule has 0 radical (unpaired) electrons. The van der Waals surface area contributed by atoms with Gasteiger partial charge >= 0.3 is 0 Å². The third-order valence-corrected chi connectivity index (χ3v) is 5.00. The van der Waals surface area contributed by atoms with Crippen LogP contribution in [-0.4, -0.2) is 31.8 Å². The van der Waals surface area contributed by atoms with E-state index in [2.05, 4.69) is 11.9 Å². The summed E-state index contributed by atoms with van der Waals surface area (Å²) in [5.41, 5.74) is 1.69. The molecule has 6 heteroatoms. The van der Waals surface area contributed by atoms with Crippen LogP contribution in [0.2, 0.25) is 0 Å². The number of amidine groups is 1. The van der Waals surface area contributed by atoms with Crippen LogP contribution in [0, 0.1) is 0 Å². The van der Waals surface area contributed by atoms with E-state index in [0.29, 0.717) is 28.1 Å².